The van der Waals surface area contributed by atoms with E-state index in [1.807, 2.05) is 17.9 Å². The number of aromatic nitrogens is 3. The molecule has 0 amide bonds. The van der Waals surface area contributed by atoms with E-state index in [1.165, 1.54) is 29.5 Å². The largest absolute Gasteiger partial charge is 0.491 e. The van der Waals surface area contributed by atoms with Gasteiger partial charge >= 0.3 is 0 Å². The van der Waals surface area contributed by atoms with Crippen LogP contribution in [0.1, 0.15) is 35.7 Å². The molecule has 0 radical (unpaired) electrons. The molecular formula is C22H24N4O. The zero-order valence-electron chi connectivity index (χ0n) is 15.6. The Bertz CT molecular complexity index is 947. The number of ether oxygens (including phenoxy) is 1. The van der Waals surface area contributed by atoms with E-state index in [-0.39, 0.29) is 0 Å². The summed E-state index contributed by atoms with van der Waals surface area (Å²) in [5.74, 6) is 0.986. The quantitative estimate of drug-likeness (QED) is 0.711. The zero-order chi connectivity index (χ0) is 18.2. The van der Waals surface area contributed by atoms with Gasteiger partial charge in [0.05, 0.1) is 18.5 Å². The van der Waals surface area contributed by atoms with Crippen molar-refractivity contribution in [1.82, 2.24) is 19.7 Å². The van der Waals surface area contributed by atoms with Crippen LogP contribution in [0, 0.1) is 0 Å². The average Bonchev–Trinajstić information content (AvgIpc) is 3.42. The van der Waals surface area contributed by atoms with Crippen molar-refractivity contribution in [3.63, 3.8) is 0 Å². The standard InChI is InChI=1S/C22H24N4O/c1-25-15-19(13-24-25)17-6-4-16(5-7-17)14-26-9-2-3-21(26)18-11-22-20(23-12-18)8-10-27-22/h4-7,11-13,15,21H,2-3,8-10,14H2,1H3/t21-/m0/s1. The minimum absolute atomic E-state index is 0.435. The van der Waals surface area contributed by atoms with Gasteiger partial charge in [0.15, 0.2) is 0 Å². The van der Waals surface area contributed by atoms with Crippen molar-refractivity contribution < 1.29 is 4.74 Å². The van der Waals surface area contributed by atoms with Gasteiger partial charge < -0.3 is 4.74 Å². The summed E-state index contributed by atoms with van der Waals surface area (Å²) in [7, 11) is 1.95. The first kappa shape index (κ1) is 16.5. The van der Waals surface area contributed by atoms with Crippen LogP contribution in [0.4, 0.5) is 0 Å². The molecule has 5 nitrogen and oxygen atoms in total. The van der Waals surface area contributed by atoms with Crippen molar-refractivity contribution in [1.29, 1.82) is 0 Å². The highest BCUT2D eigenvalue weighted by atomic mass is 16.5. The number of hydrogen-bond donors (Lipinski definition) is 0. The summed E-state index contributed by atoms with van der Waals surface area (Å²) >= 11 is 0. The second-order valence-corrected chi connectivity index (χ2v) is 7.54. The van der Waals surface area contributed by atoms with Gasteiger partial charge in [0.2, 0.25) is 0 Å². The first-order chi connectivity index (χ1) is 13.3. The Kier molecular flexibility index (Phi) is 4.17. The molecule has 3 aromatic rings. The number of benzene rings is 1. The van der Waals surface area contributed by atoms with E-state index >= 15 is 0 Å². The first-order valence-electron chi connectivity index (χ1n) is 9.70. The fourth-order valence-electron chi connectivity index (χ4n) is 4.24. The van der Waals surface area contributed by atoms with Crippen LogP contribution >= 0.6 is 0 Å². The SMILES string of the molecule is Cn1cc(-c2ccc(CN3CCC[C@H]3c3cnc4c(c3)OCC4)cc2)cn1. The van der Waals surface area contributed by atoms with E-state index in [1.54, 1.807) is 0 Å². The molecule has 5 heteroatoms. The maximum Gasteiger partial charge on any atom is 0.141 e. The number of pyridine rings is 1. The van der Waals surface area contributed by atoms with Gasteiger partial charge in [0.1, 0.15) is 5.75 Å². The van der Waals surface area contributed by atoms with E-state index in [0.29, 0.717) is 6.04 Å². The smallest absolute Gasteiger partial charge is 0.141 e. The number of likely N-dealkylation sites (tertiary alicyclic amines) is 1. The molecule has 5 rings (SSSR count). The van der Waals surface area contributed by atoms with Gasteiger partial charge in [-0.1, -0.05) is 24.3 Å². The van der Waals surface area contributed by atoms with Crippen molar-refractivity contribution >= 4 is 0 Å². The molecule has 1 atom stereocenters. The number of rotatable bonds is 4. The van der Waals surface area contributed by atoms with E-state index in [9.17, 15) is 0 Å². The number of aryl methyl sites for hydroxylation is 1. The predicted octanol–water partition coefficient (Wildman–Crippen LogP) is 3.75. The van der Waals surface area contributed by atoms with Crippen molar-refractivity contribution in [3.8, 4) is 16.9 Å². The van der Waals surface area contributed by atoms with Crippen LogP contribution in [0.3, 0.4) is 0 Å². The molecule has 4 heterocycles. The van der Waals surface area contributed by atoms with Gasteiger partial charge in [-0.15, -0.1) is 0 Å². The third-order valence-electron chi connectivity index (χ3n) is 5.67. The van der Waals surface area contributed by atoms with Crippen molar-refractivity contribution in [3.05, 3.63) is 65.7 Å². The molecule has 0 saturated carbocycles. The molecule has 0 spiro atoms. The Balaban J connectivity index is 1.32. The average molecular weight is 360 g/mol. The summed E-state index contributed by atoms with van der Waals surface area (Å²) in [5.41, 5.74) is 6.12. The topological polar surface area (TPSA) is 43.2 Å². The highest BCUT2D eigenvalue weighted by Crippen LogP contribution is 2.36. The predicted molar refractivity (Wildman–Crippen MR) is 104 cm³/mol. The minimum atomic E-state index is 0.435. The summed E-state index contributed by atoms with van der Waals surface area (Å²) in [4.78, 5) is 7.20. The van der Waals surface area contributed by atoms with Crippen LogP contribution in [0.15, 0.2) is 48.9 Å². The lowest BCUT2D eigenvalue weighted by Gasteiger charge is -2.25. The molecule has 138 valence electrons. The second kappa shape index (κ2) is 6.82. The fraction of sp³-hybridized carbons (Fsp3) is 0.364. The van der Waals surface area contributed by atoms with Gasteiger partial charge in [-0.2, -0.15) is 5.10 Å². The maximum absolute atomic E-state index is 5.72. The van der Waals surface area contributed by atoms with Crippen LogP contribution < -0.4 is 4.74 Å². The number of hydrogen-bond acceptors (Lipinski definition) is 4. The fourth-order valence-corrected chi connectivity index (χ4v) is 4.24. The molecule has 0 aliphatic carbocycles. The Morgan fingerprint density at radius 2 is 2.04 bits per heavy atom. The Hall–Kier alpha value is -2.66. The molecule has 2 aliphatic heterocycles. The Morgan fingerprint density at radius 3 is 2.85 bits per heavy atom. The van der Waals surface area contributed by atoms with E-state index in [2.05, 4.69) is 57.7 Å². The van der Waals surface area contributed by atoms with Gasteiger partial charge in [-0.3, -0.25) is 14.6 Å². The summed E-state index contributed by atoms with van der Waals surface area (Å²) in [5, 5.41) is 4.26. The maximum atomic E-state index is 5.72. The molecule has 1 aromatic carbocycles. The Labute approximate surface area is 159 Å². The lowest BCUT2D eigenvalue weighted by molar-refractivity contribution is 0.247. The third kappa shape index (κ3) is 3.23. The van der Waals surface area contributed by atoms with Crippen molar-refractivity contribution in [2.75, 3.05) is 13.2 Å². The summed E-state index contributed by atoms with van der Waals surface area (Å²) in [6.45, 7) is 2.87. The van der Waals surface area contributed by atoms with Crippen molar-refractivity contribution in [2.45, 2.75) is 31.8 Å². The second-order valence-electron chi connectivity index (χ2n) is 7.54. The van der Waals surface area contributed by atoms with Crippen LogP contribution in [0.5, 0.6) is 5.75 Å². The van der Waals surface area contributed by atoms with Gasteiger partial charge in [0, 0.05) is 44.0 Å². The van der Waals surface area contributed by atoms with E-state index in [0.717, 1.165) is 43.1 Å². The zero-order valence-corrected chi connectivity index (χ0v) is 15.6. The summed E-state index contributed by atoms with van der Waals surface area (Å²) < 4.78 is 7.56. The van der Waals surface area contributed by atoms with E-state index in [4.69, 9.17) is 4.74 Å². The molecule has 1 saturated heterocycles. The minimum Gasteiger partial charge on any atom is -0.491 e. The number of fused-ring (bicyclic) bond motifs is 1. The molecule has 2 aromatic heterocycles. The molecule has 0 unspecified atom stereocenters. The summed E-state index contributed by atoms with van der Waals surface area (Å²) in [6, 6.07) is 11.5. The number of nitrogens with zero attached hydrogens (tertiary/aromatic N) is 4. The van der Waals surface area contributed by atoms with Crippen LogP contribution in [0.2, 0.25) is 0 Å². The molecule has 27 heavy (non-hydrogen) atoms. The van der Waals surface area contributed by atoms with Gasteiger partial charge in [-0.25, -0.2) is 0 Å². The molecule has 0 bridgehead atoms. The van der Waals surface area contributed by atoms with Crippen LogP contribution in [-0.4, -0.2) is 32.8 Å². The normalized spacial score (nSPS) is 19.2. The third-order valence-corrected chi connectivity index (χ3v) is 5.67. The highest BCUT2D eigenvalue weighted by molar-refractivity contribution is 5.61. The monoisotopic (exact) mass is 360 g/mol. The van der Waals surface area contributed by atoms with E-state index < -0.39 is 0 Å². The van der Waals surface area contributed by atoms with Crippen molar-refractivity contribution in [2.24, 2.45) is 7.05 Å². The molecule has 0 N–H and O–H groups in total. The lowest BCUT2D eigenvalue weighted by atomic mass is 10.0. The first-order valence-corrected chi connectivity index (χ1v) is 9.70. The molecule has 2 aliphatic rings. The lowest BCUT2D eigenvalue weighted by Crippen LogP contribution is -2.22. The highest BCUT2D eigenvalue weighted by Gasteiger charge is 2.27. The molecular weight excluding hydrogens is 336 g/mol. The van der Waals surface area contributed by atoms with Gasteiger partial charge in [0.25, 0.3) is 0 Å². The summed E-state index contributed by atoms with van der Waals surface area (Å²) in [6.07, 6.45) is 9.38. The molecule has 1 fully saturated rings. The van der Waals surface area contributed by atoms with Crippen LogP contribution in [0.25, 0.3) is 11.1 Å². The van der Waals surface area contributed by atoms with Gasteiger partial charge in [-0.05, 0) is 42.1 Å². The van der Waals surface area contributed by atoms with Crippen LogP contribution in [-0.2, 0) is 20.0 Å². The Morgan fingerprint density at radius 1 is 1.15 bits per heavy atom.